The molecule has 0 fully saturated rings. The van der Waals surface area contributed by atoms with Crippen LogP contribution in [0.2, 0.25) is 5.02 Å². The summed E-state index contributed by atoms with van der Waals surface area (Å²) in [6, 6.07) is 10.5. The first-order chi connectivity index (χ1) is 11.8. The van der Waals surface area contributed by atoms with Gasteiger partial charge in [0.1, 0.15) is 5.82 Å². The van der Waals surface area contributed by atoms with Crippen LogP contribution in [0.3, 0.4) is 0 Å². The molecule has 0 amide bonds. The summed E-state index contributed by atoms with van der Waals surface area (Å²) in [6.45, 7) is 9.54. The molecule has 2 aromatic rings. The highest BCUT2D eigenvalue weighted by Gasteiger charge is 2.30. The first-order valence-corrected chi connectivity index (χ1v) is 8.81. The number of nitrogens with zero attached hydrogens (tertiary/aromatic N) is 2. The molecule has 1 aliphatic heterocycles. The van der Waals surface area contributed by atoms with E-state index in [1.54, 1.807) is 24.4 Å². The standard InChI is InChI=1S/C21H22ClFN2/c1-5-25-20-11-17(22)15(10-16(20)14(2)12-21(25,3)4)13-24-19-9-7-6-8-18(19)23/h6-13H,5H2,1-4H3. The molecule has 1 heterocycles. The third kappa shape index (κ3) is 3.34. The first-order valence-electron chi connectivity index (χ1n) is 8.43. The Morgan fingerprint density at radius 1 is 1.24 bits per heavy atom. The second-order valence-electron chi connectivity index (χ2n) is 6.83. The molecule has 4 heteroatoms. The van der Waals surface area contributed by atoms with E-state index in [9.17, 15) is 4.39 Å². The van der Waals surface area contributed by atoms with Crippen molar-refractivity contribution < 1.29 is 4.39 Å². The van der Waals surface area contributed by atoms with Crippen molar-refractivity contribution >= 4 is 34.8 Å². The number of allylic oxidation sites excluding steroid dienone is 1. The zero-order chi connectivity index (χ0) is 18.2. The molecular formula is C21H22ClFN2. The summed E-state index contributed by atoms with van der Waals surface area (Å²) >= 11 is 6.50. The highest BCUT2D eigenvalue weighted by Crippen LogP contribution is 2.41. The van der Waals surface area contributed by atoms with Crippen LogP contribution in [0.4, 0.5) is 15.8 Å². The molecule has 0 bridgehead atoms. The number of anilines is 1. The van der Waals surface area contributed by atoms with E-state index in [-0.39, 0.29) is 11.4 Å². The number of hydrogen-bond donors (Lipinski definition) is 0. The second-order valence-corrected chi connectivity index (χ2v) is 7.23. The topological polar surface area (TPSA) is 15.6 Å². The van der Waals surface area contributed by atoms with E-state index in [0.717, 1.165) is 23.4 Å². The number of fused-ring (bicyclic) bond motifs is 1. The van der Waals surface area contributed by atoms with E-state index in [2.05, 4.69) is 43.7 Å². The molecule has 0 aliphatic carbocycles. The van der Waals surface area contributed by atoms with E-state index in [1.807, 2.05) is 12.1 Å². The normalized spacial score (nSPS) is 16.1. The Morgan fingerprint density at radius 3 is 2.64 bits per heavy atom. The van der Waals surface area contributed by atoms with Gasteiger partial charge in [0.25, 0.3) is 0 Å². The predicted octanol–water partition coefficient (Wildman–Crippen LogP) is 6.25. The zero-order valence-electron chi connectivity index (χ0n) is 15.0. The lowest BCUT2D eigenvalue weighted by Crippen LogP contribution is -2.44. The summed E-state index contributed by atoms with van der Waals surface area (Å²) in [4.78, 5) is 6.59. The van der Waals surface area contributed by atoms with Crippen LogP contribution in [0, 0.1) is 5.82 Å². The van der Waals surface area contributed by atoms with Crippen molar-refractivity contribution in [2.75, 3.05) is 11.4 Å². The van der Waals surface area contributed by atoms with Crippen LogP contribution in [-0.4, -0.2) is 18.3 Å². The minimum Gasteiger partial charge on any atom is -0.363 e. The molecule has 2 nitrogen and oxygen atoms in total. The predicted molar refractivity (Wildman–Crippen MR) is 106 cm³/mol. The Labute approximate surface area is 153 Å². The first kappa shape index (κ1) is 17.7. The maximum atomic E-state index is 13.7. The van der Waals surface area contributed by atoms with Crippen molar-refractivity contribution in [3.05, 3.63) is 64.4 Å². The number of para-hydroxylation sites is 1. The Balaban J connectivity index is 2.05. The molecule has 25 heavy (non-hydrogen) atoms. The van der Waals surface area contributed by atoms with Crippen LogP contribution >= 0.6 is 11.6 Å². The van der Waals surface area contributed by atoms with Gasteiger partial charge in [-0.25, -0.2) is 4.39 Å². The highest BCUT2D eigenvalue weighted by atomic mass is 35.5. The molecule has 0 unspecified atom stereocenters. The van der Waals surface area contributed by atoms with Gasteiger partial charge in [0, 0.05) is 29.6 Å². The molecule has 2 aromatic carbocycles. The van der Waals surface area contributed by atoms with Crippen molar-refractivity contribution in [3.8, 4) is 0 Å². The smallest absolute Gasteiger partial charge is 0.148 e. The minimum atomic E-state index is -0.345. The fraction of sp³-hybridized carbons (Fsp3) is 0.286. The number of likely N-dealkylation sites (N-methyl/N-ethyl adjacent to an activating group) is 1. The van der Waals surface area contributed by atoms with Gasteiger partial charge in [-0.05, 0) is 57.5 Å². The van der Waals surface area contributed by atoms with Crippen LogP contribution in [0.25, 0.3) is 5.57 Å². The van der Waals surface area contributed by atoms with E-state index in [0.29, 0.717) is 10.7 Å². The Kier molecular flexibility index (Phi) is 4.70. The Hall–Kier alpha value is -2.13. The number of aliphatic imine (C=N–C) groups is 1. The SMILES string of the molecule is CCN1c2cc(Cl)c(C=Nc3ccccc3F)cc2C(C)=CC1(C)C. The summed E-state index contributed by atoms with van der Waals surface area (Å²) < 4.78 is 13.7. The van der Waals surface area contributed by atoms with Crippen LogP contribution in [0.1, 0.15) is 38.8 Å². The van der Waals surface area contributed by atoms with Gasteiger partial charge >= 0.3 is 0 Å². The van der Waals surface area contributed by atoms with Gasteiger partial charge in [0.15, 0.2) is 0 Å². The van der Waals surface area contributed by atoms with Crippen molar-refractivity contribution in [2.24, 2.45) is 4.99 Å². The van der Waals surface area contributed by atoms with Crippen LogP contribution in [0.15, 0.2) is 47.5 Å². The molecule has 1 aliphatic rings. The molecule has 130 valence electrons. The molecule has 3 rings (SSSR count). The monoisotopic (exact) mass is 356 g/mol. The quantitative estimate of drug-likeness (QED) is 0.593. The van der Waals surface area contributed by atoms with Crippen molar-refractivity contribution in [1.82, 2.24) is 0 Å². The van der Waals surface area contributed by atoms with E-state index < -0.39 is 0 Å². The average molecular weight is 357 g/mol. The Bertz CT molecular complexity index is 868. The van der Waals surface area contributed by atoms with Crippen LogP contribution in [-0.2, 0) is 0 Å². The molecule has 0 spiro atoms. The largest absolute Gasteiger partial charge is 0.363 e. The van der Waals surface area contributed by atoms with Gasteiger partial charge in [-0.15, -0.1) is 0 Å². The summed E-state index contributed by atoms with van der Waals surface area (Å²) in [5, 5.41) is 0.614. The third-order valence-corrected chi connectivity index (χ3v) is 4.93. The second kappa shape index (κ2) is 6.64. The van der Waals surface area contributed by atoms with Gasteiger partial charge in [0.2, 0.25) is 0 Å². The van der Waals surface area contributed by atoms with Gasteiger partial charge in [-0.2, -0.15) is 0 Å². The average Bonchev–Trinajstić information content (AvgIpc) is 2.54. The molecular weight excluding hydrogens is 335 g/mol. The van der Waals surface area contributed by atoms with Gasteiger partial charge < -0.3 is 4.90 Å². The molecule has 0 aromatic heterocycles. The maximum Gasteiger partial charge on any atom is 0.148 e. The summed E-state index contributed by atoms with van der Waals surface area (Å²) in [7, 11) is 0. The number of hydrogen-bond acceptors (Lipinski definition) is 2. The van der Waals surface area contributed by atoms with E-state index in [4.69, 9.17) is 11.6 Å². The van der Waals surface area contributed by atoms with Gasteiger partial charge in [-0.3, -0.25) is 4.99 Å². The highest BCUT2D eigenvalue weighted by molar-refractivity contribution is 6.33. The Morgan fingerprint density at radius 2 is 1.96 bits per heavy atom. The van der Waals surface area contributed by atoms with Gasteiger partial charge in [-0.1, -0.05) is 29.8 Å². The molecule has 0 saturated heterocycles. The fourth-order valence-corrected chi connectivity index (χ4v) is 3.69. The summed E-state index contributed by atoms with van der Waals surface area (Å²) in [5.41, 5.74) is 4.51. The lowest BCUT2D eigenvalue weighted by atomic mass is 9.88. The lowest BCUT2D eigenvalue weighted by Gasteiger charge is -2.43. The van der Waals surface area contributed by atoms with E-state index in [1.165, 1.54) is 11.6 Å². The van der Waals surface area contributed by atoms with Crippen molar-refractivity contribution in [2.45, 2.75) is 33.2 Å². The molecule has 0 atom stereocenters. The summed E-state index contributed by atoms with van der Waals surface area (Å²) in [5.74, 6) is -0.345. The number of rotatable bonds is 3. The van der Waals surface area contributed by atoms with Crippen molar-refractivity contribution in [1.29, 1.82) is 0 Å². The van der Waals surface area contributed by atoms with Crippen LogP contribution in [0.5, 0.6) is 0 Å². The third-order valence-electron chi connectivity index (χ3n) is 4.61. The van der Waals surface area contributed by atoms with E-state index >= 15 is 0 Å². The zero-order valence-corrected chi connectivity index (χ0v) is 15.7. The molecule has 0 saturated carbocycles. The summed E-state index contributed by atoms with van der Waals surface area (Å²) in [6.07, 6.45) is 3.90. The molecule has 0 radical (unpaired) electrons. The fourth-order valence-electron chi connectivity index (χ4n) is 3.49. The number of benzene rings is 2. The lowest BCUT2D eigenvalue weighted by molar-refractivity contribution is 0.566. The minimum absolute atomic E-state index is 0.0576. The van der Waals surface area contributed by atoms with Crippen molar-refractivity contribution in [3.63, 3.8) is 0 Å². The van der Waals surface area contributed by atoms with Gasteiger partial charge in [0.05, 0.1) is 16.2 Å². The number of halogens is 2. The van der Waals surface area contributed by atoms with Crippen LogP contribution < -0.4 is 4.90 Å². The molecule has 0 N–H and O–H groups in total. The maximum absolute atomic E-state index is 13.7.